The molecule has 3 aromatic heterocycles. The Morgan fingerprint density at radius 3 is 2.61 bits per heavy atom. The zero-order chi connectivity index (χ0) is 23.0. The number of hydrogen-bond acceptors (Lipinski definition) is 7. The van der Waals surface area contributed by atoms with Gasteiger partial charge in [-0.1, -0.05) is 57.0 Å². The second-order valence-corrected chi connectivity index (χ2v) is 7.97. The van der Waals surface area contributed by atoms with Crippen molar-refractivity contribution in [1.82, 2.24) is 40.4 Å². The first-order valence-corrected chi connectivity index (χ1v) is 11.4. The van der Waals surface area contributed by atoms with Crippen molar-refractivity contribution in [2.24, 2.45) is 0 Å². The fraction of sp³-hybridized carbons (Fsp3) is 0.375. The van der Waals surface area contributed by atoms with E-state index < -0.39 is 0 Å². The van der Waals surface area contributed by atoms with E-state index in [9.17, 15) is 4.79 Å². The van der Waals surface area contributed by atoms with Gasteiger partial charge in [-0.15, -0.1) is 15.3 Å². The van der Waals surface area contributed by atoms with Gasteiger partial charge >= 0.3 is 0 Å². The van der Waals surface area contributed by atoms with Gasteiger partial charge < -0.3 is 0 Å². The Morgan fingerprint density at radius 2 is 1.88 bits per heavy atom. The van der Waals surface area contributed by atoms with Gasteiger partial charge in [0.15, 0.2) is 0 Å². The molecule has 4 aromatic rings. The number of rotatable bonds is 11. The quantitative estimate of drug-likeness (QED) is 0.343. The number of H-pyrrole nitrogens is 1. The number of benzene rings is 1. The molecule has 0 aliphatic heterocycles. The van der Waals surface area contributed by atoms with E-state index in [1.165, 1.54) is 0 Å². The van der Waals surface area contributed by atoms with Gasteiger partial charge in [-0.3, -0.25) is 9.78 Å². The maximum Gasteiger partial charge on any atom is 0.223 e. The Labute approximate surface area is 192 Å². The lowest BCUT2D eigenvalue weighted by Gasteiger charge is -2.09. The molecule has 9 nitrogen and oxygen atoms in total. The summed E-state index contributed by atoms with van der Waals surface area (Å²) >= 11 is 0. The highest BCUT2D eigenvalue weighted by Gasteiger charge is 2.17. The van der Waals surface area contributed by atoms with Crippen molar-refractivity contribution >= 4 is 5.78 Å². The van der Waals surface area contributed by atoms with Crippen LogP contribution in [0.3, 0.4) is 0 Å². The van der Waals surface area contributed by atoms with Gasteiger partial charge in [-0.2, -0.15) is 5.21 Å². The summed E-state index contributed by atoms with van der Waals surface area (Å²) in [6, 6.07) is 12.1. The van der Waals surface area contributed by atoms with Crippen molar-refractivity contribution in [2.75, 3.05) is 0 Å². The number of unbranched alkanes of at least 4 members (excludes halogenated alkanes) is 2. The summed E-state index contributed by atoms with van der Waals surface area (Å²) < 4.78 is 1.87. The fourth-order valence-electron chi connectivity index (χ4n) is 3.63. The van der Waals surface area contributed by atoms with Crippen molar-refractivity contribution < 1.29 is 4.79 Å². The van der Waals surface area contributed by atoms with Gasteiger partial charge in [-0.25, -0.2) is 9.67 Å². The number of pyridine rings is 1. The van der Waals surface area contributed by atoms with E-state index in [2.05, 4.69) is 61.7 Å². The summed E-state index contributed by atoms with van der Waals surface area (Å²) in [6.45, 7) is 4.79. The number of carbonyl (C=O) groups excluding carboxylic acids is 1. The maximum atomic E-state index is 12.5. The smallest absolute Gasteiger partial charge is 0.223 e. The van der Waals surface area contributed by atoms with E-state index in [1.54, 1.807) is 6.20 Å². The lowest BCUT2D eigenvalue weighted by Crippen LogP contribution is -2.08. The number of Topliss-reactive ketones (excluding diaryl/α,β-unsaturated/α-hetero) is 1. The molecule has 0 saturated carbocycles. The molecule has 0 bridgehead atoms. The van der Waals surface area contributed by atoms with E-state index in [-0.39, 0.29) is 5.78 Å². The zero-order valence-corrected chi connectivity index (χ0v) is 19.0. The molecule has 0 spiro atoms. The van der Waals surface area contributed by atoms with E-state index in [0.29, 0.717) is 30.3 Å². The molecular weight excluding hydrogens is 416 g/mol. The van der Waals surface area contributed by atoms with Crippen LogP contribution in [0.1, 0.15) is 68.0 Å². The van der Waals surface area contributed by atoms with Crippen molar-refractivity contribution in [2.45, 2.75) is 58.9 Å². The second kappa shape index (κ2) is 10.7. The number of hydrogen-bond donors (Lipinski definition) is 1. The minimum absolute atomic E-state index is 0.0225. The van der Waals surface area contributed by atoms with E-state index in [1.807, 2.05) is 28.9 Å². The van der Waals surface area contributed by atoms with Crippen LogP contribution in [0.25, 0.3) is 22.6 Å². The van der Waals surface area contributed by atoms with E-state index in [0.717, 1.165) is 54.6 Å². The molecule has 0 radical (unpaired) electrons. The Balaban J connectivity index is 1.56. The van der Waals surface area contributed by atoms with Gasteiger partial charge in [0.25, 0.3) is 0 Å². The maximum absolute atomic E-state index is 12.5. The molecule has 0 unspecified atom stereocenters. The predicted molar refractivity (Wildman–Crippen MR) is 124 cm³/mol. The Hall–Kier alpha value is -3.75. The van der Waals surface area contributed by atoms with Crippen molar-refractivity contribution in [3.8, 4) is 22.6 Å². The standard InChI is InChI=1S/C24H28N8O/c1-3-5-9-20(33)23-26-21(10-6-4-2)32(29-23)16-17-11-13-18(14-12-17)19-8-7-15-25-22(19)24-27-30-31-28-24/h7-8,11-15H,3-6,9-10,16H2,1-2H3,(H,27,28,30,31). The molecule has 170 valence electrons. The Bertz CT molecular complexity index is 1180. The van der Waals surface area contributed by atoms with Crippen LogP contribution in [0, 0.1) is 0 Å². The SMILES string of the molecule is CCCCC(=O)c1nc(CCCC)n(Cc2ccc(-c3cccnc3-c3nn[nH]n3)cc2)n1. The number of ketones is 1. The van der Waals surface area contributed by atoms with Gasteiger partial charge in [0.2, 0.25) is 17.4 Å². The first-order chi connectivity index (χ1) is 16.2. The highest BCUT2D eigenvalue weighted by molar-refractivity contribution is 5.92. The molecule has 0 aliphatic rings. The number of aromatic nitrogens is 8. The second-order valence-electron chi connectivity index (χ2n) is 7.97. The molecule has 0 saturated heterocycles. The highest BCUT2D eigenvalue weighted by Crippen LogP contribution is 2.28. The van der Waals surface area contributed by atoms with Gasteiger partial charge in [0.1, 0.15) is 11.5 Å². The van der Waals surface area contributed by atoms with Crippen molar-refractivity contribution in [3.63, 3.8) is 0 Å². The molecular formula is C24H28N8O. The third-order valence-corrected chi connectivity index (χ3v) is 5.47. The topological polar surface area (TPSA) is 115 Å². The minimum atomic E-state index is 0.0225. The van der Waals surface area contributed by atoms with Gasteiger partial charge in [0.05, 0.1) is 6.54 Å². The van der Waals surface area contributed by atoms with Crippen molar-refractivity contribution in [3.05, 3.63) is 59.8 Å². The zero-order valence-electron chi connectivity index (χ0n) is 19.0. The predicted octanol–water partition coefficient (Wildman–Crippen LogP) is 4.28. The van der Waals surface area contributed by atoms with Crippen LogP contribution in [0.15, 0.2) is 42.6 Å². The molecule has 0 aliphatic carbocycles. The molecule has 4 rings (SSSR count). The lowest BCUT2D eigenvalue weighted by atomic mass is 10.0. The number of nitrogens with one attached hydrogen (secondary N) is 1. The average Bonchev–Trinajstić information content (AvgIpc) is 3.52. The van der Waals surface area contributed by atoms with Crippen molar-refractivity contribution in [1.29, 1.82) is 0 Å². The van der Waals surface area contributed by atoms with Crippen LogP contribution in [0.5, 0.6) is 0 Å². The van der Waals surface area contributed by atoms with Gasteiger partial charge in [-0.05, 0) is 35.2 Å². The Kier molecular flexibility index (Phi) is 7.29. The lowest BCUT2D eigenvalue weighted by molar-refractivity contribution is 0.0969. The fourth-order valence-corrected chi connectivity index (χ4v) is 3.63. The number of aryl methyl sites for hydroxylation is 1. The summed E-state index contributed by atoms with van der Waals surface area (Å²) in [5.41, 5.74) is 3.69. The van der Waals surface area contributed by atoms with Crippen LogP contribution < -0.4 is 0 Å². The van der Waals surface area contributed by atoms with Crippen LogP contribution in [0.4, 0.5) is 0 Å². The number of tetrazole rings is 1. The average molecular weight is 445 g/mol. The third kappa shape index (κ3) is 5.36. The summed E-state index contributed by atoms with van der Waals surface area (Å²) in [6.07, 6.45) is 6.94. The van der Waals surface area contributed by atoms with Crippen LogP contribution in [-0.4, -0.2) is 46.2 Å². The molecule has 1 N–H and O–H groups in total. The number of aromatic amines is 1. The van der Waals surface area contributed by atoms with Crippen LogP contribution >= 0.6 is 0 Å². The molecule has 0 fully saturated rings. The molecule has 0 atom stereocenters. The van der Waals surface area contributed by atoms with E-state index in [4.69, 9.17) is 0 Å². The molecule has 0 amide bonds. The highest BCUT2D eigenvalue weighted by atomic mass is 16.1. The number of carbonyl (C=O) groups is 1. The van der Waals surface area contributed by atoms with Gasteiger partial charge in [0, 0.05) is 24.6 Å². The summed E-state index contributed by atoms with van der Waals surface area (Å²) in [5.74, 6) is 1.69. The molecule has 33 heavy (non-hydrogen) atoms. The first-order valence-electron chi connectivity index (χ1n) is 11.4. The molecule has 9 heteroatoms. The summed E-state index contributed by atoms with van der Waals surface area (Å²) in [7, 11) is 0. The monoisotopic (exact) mass is 444 g/mol. The largest absolute Gasteiger partial charge is 0.291 e. The first kappa shape index (κ1) is 22.4. The normalized spacial score (nSPS) is 11.1. The molecule has 1 aromatic carbocycles. The summed E-state index contributed by atoms with van der Waals surface area (Å²) in [4.78, 5) is 21.5. The van der Waals surface area contributed by atoms with Crippen LogP contribution in [0.2, 0.25) is 0 Å². The molecule has 3 heterocycles. The third-order valence-electron chi connectivity index (χ3n) is 5.47. The van der Waals surface area contributed by atoms with Crippen LogP contribution in [-0.2, 0) is 13.0 Å². The minimum Gasteiger partial charge on any atom is -0.291 e. The summed E-state index contributed by atoms with van der Waals surface area (Å²) in [5, 5.41) is 18.8. The van der Waals surface area contributed by atoms with E-state index >= 15 is 0 Å². The Morgan fingerprint density at radius 1 is 1.06 bits per heavy atom. The number of nitrogens with zero attached hydrogens (tertiary/aromatic N) is 7.